The summed E-state index contributed by atoms with van der Waals surface area (Å²) in [7, 11) is 0. The Morgan fingerprint density at radius 1 is 1.39 bits per heavy atom. The van der Waals surface area contributed by atoms with Crippen molar-refractivity contribution in [3.63, 3.8) is 0 Å². The second kappa shape index (κ2) is 6.20. The molecule has 0 radical (unpaired) electrons. The largest absolute Gasteiger partial charge is 0.354 e. The van der Waals surface area contributed by atoms with Gasteiger partial charge in [0.1, 0.15) is 6.54 Å². The quantitative estimate of drug-likeness (QED) is 0.792. The van der Waals surface area contributed by atoms with Crippen molar-refractivity contribution >= 4 is 17.5 Å². The van der Waals surface area contributed by atoms with E-state index in [0.717, 1.165) is 13.0 Å². The van der Waals surface area contributed by atoms with Gasteiger partial charge in [-0.1, -0.05) is 11.6 Å². The lowest BCUT2D eigenvalue weighted by Crippen LogP contribution is -2.29. The number of aryl methyl sites for hydroxylation is 1. The third kappa shape index (κ3) is 3.89. The number of carbonyl (C=O) groups is 1. The maximum absolute atomic E-state index is 11.5. The van der Waals surface area contributed by atoms with Crippen LogP contribution in [0.2, 0.25) is 5.02 Å². The van der Waals surface area contributed by atoms with E-state index in [1.54, 1.807) is 12.4 Å². The summed E-state index contributed by atoms with van der Waals surface area (Å²) >= 11 is 5.70. The van der Waals surface area contributed by atoms with E-state index in [-0.39, 0.29) is 12.5 Å². The number of hydrogen-bond donors (Lipinski definition) is 1. The Morgan fingerprint density at radius 2 is 2.28 bits per heavy atom. The second-order valence-corrected chi connectivity index (χ2v) is 4.27. The zero-order valence-electron chi connectivity index (χ0n) is 9.79. The molecule has 0 spiro atoms. The highest BCUT2D eigenvalue weighted by molar-refractivity contribution is 6.30. The molecule has 2 aromatic rings. The molecule has 0 aliphatic rings. The molecule has 18 heavy (non-hydrogen) atoms. The van der Waals surface area contributed by atoms with Crippen molar-refractivity contribution in [2.24, 2.45) is 0 Å². The van der Waals surface area contributed by atoms with Crippen molar-refractivity contribution in [3.8, 4) is 0 Å². The number of nitrogens with zero attached hydrogens (tertiary/aromatic N) is 4. The molecule has 0 atom stereocenters. The minimum atomic E-state index is -0.0739. The Kier molecular flexibility index (Phi) is 4.35. The zero-order valence-corrected chi connectivity index (χ0v) is 10.5. The number of rotatable bonds is 6. The molecule has 6 nitrogen and oxygen atoms in total. The first-order valence-electron chi connectivity index (χ1n) is 5.66. The fourth-order valence-electron chi connectivity index (χ4n) is 1.53. The fraction of sp³-hybridized carbons (Fsp3) is 0.364. The van der Waals surface area contributed by atoms with E-state index in [4.69, 9.17) is 11.6 Å². The zero-order chi connectivity index (χ0) is 12.8. The molecule has 7 heteroatoms. The van der Waals surface area contributed by atoms with Gasteiger partial charge in [0.15, 0.2) is 0 Å². The molecule has 0 aromatic carbocycles. The van der Waals surface area contributed by atoms with Crippen LogP contribution in [0.25, 0.3) is 0 Å². The van der Waals surface area contributed by atoms with Gasteiger partial charge in [0.2, 0.25) is 5.91 Å². The highest BCUT2D eigenvalue weighted by Gasteiger charge is 2.03. The molecule has 2 heterocycles. The van der Waals surface area contributed by atoms with Crippen molar-refractivity contribution in [2.75, 3.05) is 6.54 Å². The lowest BCUT2D eigenvalue weighted by Gasteiger charge is -2.05. The van der Waals surface area contributed by atoms with Crippen molar-refractivity contribution in [1.29, 1.82) is 0 Å². The first-order valence-corrected chi connectivity index (χ1v) is 6.04. The molecule has 0 saturated carbocycles. The van der Waals surface area contributed by atoms with E-state index in [9.17, 15) is 4.79 Å². The van der Waals surface area contributed by atoms with Crippen molar-refractivity contribution in [3.05, 3.63) is 35.9 Å². The van der Waals surface area contributed by atoms with E-state index < -0.39 is 0 Å². The molecule has 1 amide bonds. The van der Waals surface area contributed by atoms with E-state index in [1.807, 2.05) is 16.9 Å². The number of halogens is 1. The van der Waals surface area contributed by atoms with E-state index >= 15 is 0 Å². The summed E-state index contributed by atoms with van der Waals surface area (Å²) in [5, 5.41) is 11.4. The number of nitrogens with one attached hydrogen (secondary N) is 1. The van der Waals surface area contributed by atoms with Gasteiger partial charge in [0, 0.05) is 31.7 Å². The van der Waals surface area contributed by atoms with Crippen LogP contribution in [0.5, 0.6) is 0 Å². The smallest absolute Gasteiger partial charge is 0.241 e. The molecule has 1 N–H and O–H groups in total. The third-order valence-corrected chi connectivity index (χ3v) is 2.55. The minimum absolute atomic E-state index is 0.0739. The molecule has 2 aromatic heterocycles. The SMILES string of the molecule is O=C(Cn1cc(Cl)cn1)NCCCn1cccn1. The van der Waals surface area contributed by atoms with Crippen LogP contribution in [-0.4, -0.2) is 32.0 Å². The Balaban J connectivity index is 1.63. The van der Waals surface area contributed by atoms with Crippen LogP contribution >= 0.6 is 11.6 Å². The fourth-order valence-corrected chi connectivity index (χ4v) is 1.69. The summed E-state index contributed by atoms with van der Waals surface area (Å²) in [6.07, 6.45) is 7.60. The van der Waals surface area contributed by atoms with Gasteiger partial charge in [0.05, 0.1) is 11.2 Å². The lowest BCUT2D eigenvalue weighted by molar-refractivity contribution is -0.121. The second-order valence-electron chi connectivity index (χ2n) is 3.83. The maximum Gasteiger partial charge on any atom is 0.241 e. The molecular weight excluding hydrogens is 254 g/mol. The Hall–Kier alpha value is -1.82. The average Bonchev–Trinajstić information content (AvgIpc) is 2.96. The van der Waals surface area contributed by atoms with Crippen LogP contribution in [0.3, 0.4) is 0 Å². The number of amides is 1. The highest BCUT2D eigenvalue weighted by Crippen LogP contribution is 2.03. The average molecular weight is 268 g/mol. The monoisotopic (exact) mass is 267 g/mol. The Bertz CT molecular complexity index is 493. The van der Waals surface area contributed by atoms with Gasteiger partial charge in [-0.2, -0.15) is 10.2 Å². The van der Waals surface area contributed by atoms with Crippen molar-refractivity contribution in [1.82, 2.24) is 24.9 Å². The van der Waals surface area contributed by atoms with Gasteiger partial charge in [-0.05, 0) is 12.5 Å². The van der Waals surface area contributed by atoms with E-state index in [1.165, 1.54) is 10.9 Å². The Labute approximate surface area is 110 Å². The van der Waals surface area contributed by atoms with Gasteiger partial charge in [0.25, 0.3) is 0 Å². The predicted octanol–water partition coefficient (Wildman–Crippen LogP) is 0.940. The number of hydrogen-bond acceptors (Lipinski definition) is 3. The highest BCUT2D eigenvalue weighted by atomic mass is 35.5. The predicted molar refractivity (Wildman–Crippen MR) is 67.1 cm³/mol. The normalized spacial score (nSPS) is 10.5. The van der Waals surface area contributed by atoms with Gasteiger partial charge >= 0.3 is 0 Å². The standard InChI is InChI=1S/C11H14ClN5O/c12-10-7-15-17(8-10)9-11(18)13-3-1-5-16-6-2-4-14-16/h2,4,6-8H,1,3,5,9H2,(H,13,18). The van der Waals surface area contributed by atoms with Gasteiger partial charge in [-0.15, -0.1) is 0 Å². The molecule has 2 rings (SSSR count). The molecule has 0 unspecified atom stereocenters. The molecule has 96 valence electrons. The number of carbonyl (C=O) groups excluding carboxylic acids is 1. The lowest BCUT2D eigenvalue weighted by atomic mass is 10.4. The summed E-state index contributed by atoms with van der Waals surface area (Å²) in [4.78, 5) is 11.5. The minimum Gasteiger partial charge on any atom is -0.354 e. The molecule has 0 aliphatic carbocycles. The molecule has 0 aliphatic heterocycles. The molecular formula is C11H14ClN5O. The van der Waals surface area contributed by atoms with Crippen LogP contribution in [0.1, 0.15) is 6.42 Å². The summed E-state index contributed by atoms with van der Waals surface area (Å²) in [5.41, 5.74) is 0. The summed E-state index contributed by atoms with van der Waals surface area (Å²) in [6.45, 7) is 1.60. The van der Waals surface area contributed by atoms with Gasteiger partial charge in [-0.25, -0.2) is 0 Å². The molecule has 0 bridgehead atoms. The van der Waals surface area contributed by atoms with Crippen molar-refractivity contribution < 1.29 is 4.79 Å². The maximum atomic E-state index is 11.5. The van der Waals surface area contributed by atoms with Crippen molar-refractivity contribution in [2.45, 2.75) is 19.5 Å². The first-order chi connectivity index (χ1) is 8.74. The molecule has 0 saturated heterocycles. The third-order valence-electron chi connectivity index (χ3n) is 2.35. The summed E-state index contributed by atoms with van der Waals surface area (Å²) in [5.74, 6) is -0.0739. The molecule has 0 fully saturated rings. The van der Waals surface area contributed by atoms with Crippen LogP contribution in [0.4, 0.5) is 0 Å². The van der Waals surface area contributed by atoms with E-state index in [2.05, 4.69) is 15.5 Å². The first kappa shape index (κ1) is 12.6. The van der Waals surface area contributed by atoms with Crippen LogP contribution in [0, 0.1) is 0 Å². The van der Waals surface area contributed by atoms with Crippen LogP contribution in [-0.2, 0) is 17.9 Å². The summed E-state index contributed by atoms with van der Waals surface area (Å²) in [6, 6.07) is 1.88. The van der Waals surface area contributed by atoms with Gasteiger partial charge in [-0.3, -0.25) is 14.2 Å². The topological polar surface area (TPSA) is 64.7 Å². The number of aromatic nitrogens is 4. The van der Waals surface area contributed by atoms with Crippen LogP contribution < -0.4 is 5.32 Å². The van der Waals surface area contributed by atoms with Crippen LogP contribution in [0.15, 0.2) is 30.9 Å². The summed E-state index contributed by atoms with van der Waals surface area (Å²) < 4.78 is 3.34. The van der Waals surface area contributed by atoms with E-state index in [0.29, 0.717) is 11.6 Å². The van der Waals surface area contributed by atoms with Gasteiger partial charge < -0.3 is 5.32 Å². The Morgan fingerprint density at radius 3 is 2.94 bits per heavy atom.